The molecule has 0 aromatic heterocycles. The number of amides is 1. The van der Waals surface area contributed by atoms with Gasteiger partial charge in [-0.15, -0.1) is 0 Å². The number of likely N-dealkylation sites (N-methyl/N-ethyl adjacent to an activating group) is 1. The van der Waals surface area contributed by atoms with Crippen LogP contribution in [-0.4, -0.2) is 35.5 Å². The Bertz CT molecular complexity index is 238. The van der Waals surface area contributed by atoms with E-state index < -0.39 is 5.97 Å². The summed E-state index contributed by atoms with van der Waals surface area (Å²) >= 11 is 0. The molecule has 0 aromatic rings. The molecule has 1 atom stereocenters. The maximum atomic E-state index is 11.1. The summed E-state index contributed by atoms with van der Waals surface area (Å²) in [5.74, 6) is -1.30. The third-order valence-corrected chi connectivity index (χ3v) is 2.35. The average Bonchev–Trinajstić information content (AvgIpc) is 2.21. The molecule has 0 spiro atoms. The van der Waals surface area contributed by atoms with Crippen molar-refractivity contribution >= 4 is 11.9 Å². The summed E-state index contributed by atoms with van der Waals surface area (Å²) in [4.78, 5) is 23.4. The summed E-state index contributed by atoms with van der Waals surface area (Å²) in [7, 11) is 1.65. The first kappa shape index (κ1) is 13.7. The lowest BCUT2D eigenvalue weighted by Gasteiger charge is -2.17. The fourth-order valence-electron chi connectivity index (χ4n) is 1.36. The Morgan fingerprint density at radius 1 is 1.47 bits per heavy atom. The summed E-state index contributed by atoms with van der Waals surface area (Å²) < 4.78 is 0. The summed E-state index contributed by atoms with van der Waals surface area (Å²) in [6, 6.07) is 0. The van der Waals surface area contributed by atoms with Crippen LogP contribution < -0.4 is 0 Å². The van der Waals surface area contributed by atoms with Crippen molar-refractivity contribution in [2.24, 2.45) is 5.92 Å². The van der Waals surface area contributed by atoms with Crippen molar-refractivity contribution in [3.05, 3.63) is 12.7 Å². The Balaban J connectivity index is 4.04. The first-order chi connectivity index (χ1) is 7.02. The monoisotopic (exact) mass is 213 g/mol. The van der Waals surface area contributed by atoms with Gasteiger partial charge in [0.25, 0.3) is 0 Å². The van der Waals surface area contributed by atoms with Crippen LogP contribution in [0.3, 0.4) is 0 Å². The van der Waals surface area contributed by atoms with Crippen LogP contribution in [0.25, 0.3) is 0 Å². The van der Waals surface area contributed by atoms with Crippen molar-refractivity contribution in [2.75, 3.05) is 13.6 Å². The Morgan fingerprint density at radius 3 is 2.47 bits per heavy atom. The molecule has 0 heterocycles. The van der Waals surface area contributed by atoms with Crippen molar-refractivity contribution < 1.29 is 14.7 Å². The second-order valence-corrected chi connectivity index (χ2v) is 3.58. The summed E-state index contributed by atoms with van der Waals surface area (Å²) in [6.07, 6.45) is 3.23. The molecular weight excluding hydrogens is 194 g/mol. The zero-order valence-electron chi connectivity index (χ0n) is 9.40. The van der Waals surface area contributed by atoms with Gasteiger partial charge in [-0.3, -0.25) is 9.59 Å². The molecule has 0 aliphatic carbocycles. The molecule has 0 rings (SSSR count). The topological polar surface area (TPSA) is 57.6 Å². The van der Waals surface area contributed by atoms with E-state index in [0.29, 0.717) is 19.4 Å². The minimum Gasteiger partial charge on any atom is -0.481 e. The number of hydrogen-bond acceptors (Lipinski definition) is 2. The molecular formula is C11H19NO3. The van der Waals surface area contributed by atoms with E-state index in [1.165, 1.54) is 11.0 Å². The molecule has 0 aromatic carbocycles. The van der Waals surface area contributed by atoms with E-state index >= 15 is 0 Å². The van der Waals surface area contributed by atoms with Crippen LogP contribution in [0.1, 0.15) is 26.2 Å². The molecule has 0 aliphatic rings. The fraction of sp³-hybridized carbons (Fsp3) is 0.636. The van der Waals surface area contributed by atoms with E-state index in [-0.39, 0.29) is 11.8 Å². The molecule has 1 amide bonds. The molecule has 0 saturated heterocycles. The number of carboxylic acid groups (broad SMARTS) is 1. The number of nitrogens with zero attached hydrogens (tertiary/aromatic N) is 1. The van der Waals surface area contributed by atoms with Gasteiger partial charge in [-0.05, 0) is 18.9 Å². The van der Waals surface area contributed by atoms with E-state index in [1.807, 2.05) is 6.92 Å². The Labute approximate surface area is 90.6 Å². The molecule has 4 nitrogen and oxygen atoms in total. The van der Waals surface area contributed by atoms with E-state index in [0.717, 1.165) is 6.42 Å². The van der Waals surface area contributed by atoms with Gasteiger partial charge in [-0.25, -0.2) is 0 Å². The van der Waals surface area contributed by atoms with E-state index in [9.17, 15) is 9.59 Å². The van der Waals surface area contributed by atoms with Crippen LogP contribution in [0.5, 0.6) is 0 Å². The second-order valence-electron chi connectivity index (χ2n) is 3.58. The normalized spacial score (nSPS) is 11.9. The highest BCUT2D eigenvalue weighted by atomic mass is 16.4. The fourth-order valence-corrected chi connectivity index (χ4v) is 1.36. The highest BCUT2D eigenvalue weighted by Gasteiger charge is 2.17. The van der Waals surface area contributed by atoms with Crippen LogP contribution in [-0.2, 0) is 9.59 Å². The summed E-state index contributed by atoms with van der Waals surface area (Å²) in [5, 5.41) is 8.89. The van der Waals surface area contributed by atoms with E-state index in [4.69, 9.17) is 5.11 Å². The van der Waals surface area contributed by atoms with Crippen LogP contribution in [0.15, 0.2) is 12.7 Å². The van der Waals surface area contributed by atoms with Crippen molar-refractivity contribution in [3.8, 4) is 0 Å². The zero-order valence-corrected chi connectivity index (χ0v) is 9.40. The summed E-state index contributed by atoms with van der Waals surface area (Å²) in [5.41, 5.74) is 0. The molecule has 15 heavy (non-hydrogen) atoms. The smallest absolute Gasteiger partial charge is 0.306 e. The maximum absolute atomic E-state index is 11.1. The third kappa shape index (κ3) is 5.20. The van der Waals surface area contributed by atoms with E-state index in [2.05, 4.69) is 6.58 Å². The number of aliphatic carboxylic acids is 1. The Hall–Kier alpha value is -1.32. The van der Waals surface area contributed by atoms with Crippen LogP contribution in [0.4, 0.5) is 0 Å². The Morgan fingerprint density at radius 2 is 2.07 bits per heavy atom. The van der Waals surface area contributed by atoms with Gasteiger partial charge in [0.1, 0.15) is 0 Å². The van der Waals surface area contributed by atoms with Gasteiger partial charge < -0.3 is 10.0 Å². The molecule has 0 fully saturated rings. The standard InChI is InChI=1S/C11H19NO3/c1-4-6-9(11(14)15)7-8-12(3)10(13)5-2/h5,9H,2,4,6-8H2,1,3H3,(H,14,15). The second kappa shape index (κ2) is 7.04. The van der Waals surface area contributed by atoms with E-state index in [1.54, 1.807) is 7.05 Å². The van der Waals surface area contributed by atoms with Gasteiger partial charge in [-0.1, -0.05) is 19.9 Å². The third-order valence-electron chi connectivity index (χ3n) is 2.35. The first-order valence-electron chi connectivity index (χ1n) is 5.13. The van der Waals surface area contributed by atoms with Gasteiger partial charge in [0, 0.05) is 13.6 Å². The SMILES string of the molecule is C=CC(=O)N(C)CCC(CCC)C(=O)O. The van der Waals surface area contributed by atoms with Gasteiger partial charge in [0.15, 0.2) is 0 Å². The molecule has 0 radical (unpaired) electrons. The van der Waals surface area contributed by atoms with Gasteiger partial charge >= 0.3 is 5.97 Å². The molecule has 0 saturated carbocycles. The number of carbonyl (C=O) groups is 2. The van der Waals surface area contributed by atoms with Crippen LogP contribution in [0.2, 0.25) is 0 Å². The van der Waals surface area contributed by atoms with Crippen molar-refractivity contribution in [1.82, 2.24) is 4.90 Å². The highest BCUT2D eigenvalue weighted by molar-refractivity contribution is 5.86. The minimum absolute atomic E-state index is 0.171. The average molecular weight is 213 g/mol. The van der Waals surface area contributed by atoms with Crippen LogP contribution >= 0.6 is 0 Å². The predicted octanol–water partition coefficient (Wildman–Crippen LogP) is 1.52. The van der Waals surface area contributed by atoms with Crippen molar-refractivity contribution in [1.29, 1.82) is 0 Å². The summed E-state index contributed by atoms with van der Waals surface area (Å²) in [6.45, 7) is 5.79. The van der Waals surface area contributed by atoms with Gasteiger partial charge in [0.05, 0.1) is 5.92 Å². The first-order valence-corrected chi connectivity index (χ1v) is 5.13. The van der Waals surface area contributed by atoms with Crippen molar-refractivity contribution in [3.63, 3.8) is 0 Å². The van der Waals surface area contributed by atoms with Crippen LogP contribution in [0, 0.1) is 5.92 Å². The molecule has 0 aliphatic heterocycles. The lowest BCUT2D eigenvalue weighted by Crippen LogP contribution is -2.28. The largest absolute Gasteiger partial charge is 0.481 e. The maximum Gasteiger partial charge on any atom is 0.306 e. The highest BCUT2D eigenvalue weighted by Crippen LogP contribution is 2.11. The molecule has 86 valence electrons. The number of carboxylic acids is 1. The molecule has 0 bridgehead atoms. The minimum atomic E-state index is -0.781. The van der Waals surface area contributed by atoms with Gasteiger partial charge in [0.2, 0.25) is 5.91 Å². The Kier molecular flexibility index (Phi) is 6.42. The molecule has 1 unspecified atom stereocenters. The lowest BCUT2D eigenvalue weighted by molar-refractivity contribution is -0.142. The van der Waals surface area contributed by atoms with Gasteiger partial charge in [-0.2, -0.15) is 0 Å². The number of carbonyl (C=O) groups excluding carboxylic acids is 1. The number of rotatable bonds is 7. The predicted molar refractivity (Wildman–Crippen MR) is 58.5 cm³/mol. The quantitative estimate of drug-likeness (QED) is 0.652. The lowest BCUT2D eigenvalue weighted by atomic mass is 10.00. The molecule has 4 heteroatoms. The molecule has 1 N–H and O–H groups in total. The zero-order chi connectivity index (χ0) is 11.8. The number of hydrogen-bond donors (Lipinski definition) is 1. The van der Waals surface area contributed by atoms with Crippen molar-refractivity contribution in [2.45, 2.75) is 26.2 Å².